The minimum Gasteiger partial charge on any atom is -0.309 e. The van der Waals surface area contributed by atoms with Crippen molar-refractivity contribution in [3.63, 3.8) is 0 Å². The van der Waals surface area contributed by atoms with Gasteiger partial charge in [-0.3, -0.25) is 4.98 Å². The Morgan fingerprint density at radius 1 is 1.28 bits per heavy atom. The topological polar surface area (TPSA) is 37.8 Å². The molecule has 2 rings (SSSR count). The normalized spacial score (nSPS) is 12.6. The van der Waals surface area contributed by atoms with Gasteiger partial charge in [-0.25, -0.2) is 4.98 Å². The molecule has 0 aliphatic rings. The Hall–Kier alpha value is -1.26. The van der Waals surface area contributed by atoms with Crippen LogP contribution in [0.25, 0.3) is 0 Å². The average Bonchev–Trinajstić information content (AvgIpc) is 2.74. The lowest BCUT2D eigenvalue weighted by Crippen LogP contribution is -2.24. The fourth-order valence-electron chi connectivity index (χ4n) is 2.00. The molecule has 3 nitrogen and oxygen atoms in total. The molecular weight excluding hydrogens is 242 g/mol. The summed E-state index contributed by atoms with van der Waals surface area (Å²) in [6, 6.07) is 6.42. The van der Waals surface area contributed by atoms with Gasteiger partial charge in [0, 0.05) is 17.5 Å². The van der Waals surface area contributed by atoms with Crippen molar-refractivity contribution in [3.05, 3.63) is 45.7 Å². The molecule has 2 aromatic rings. The molecular formula is C14H19N3S. The van der Waals surface area contributed by atoms with Crippen molar-refractivity contribution in [2.24, 2.45) is 0 Å². The van der Waals surface area contributed by atoms with Crippen LogP contribution in [-0.2, 0) is 6.42 Å². The molecule has 1 unspecified atom stereocenters. The molecule has 0 spiro atoms. The lowest BCUT2D eigenvalue weighted by atomic mass is 10.1. The lowest BCUT2D eigenvalue weighted by molar-refractivity contribution is 0.531. The quantitative estimate of drug-likeness (QED) is 0.899. The number of hydrogen-bond donors (Lipinski definition) is 1. The molecule has 96 valence electrons. The minimum atomic E-state index is 0.247. The van der Waals surface area contributed by atoms with Gasteiger partial charge < -0.3 is 5.32 Å². The van der Waals surface area contributed by atoms with Gasteiger partial charge in [-0.05, 0) is 32.5 Å². The molecule has 2 heterocycles. The first-order chi connectivity index (χ1) is 8.69. The smallest absolute Gasteiger partial charge is 0.0897 e. The van der Waals surface area contributed by atoms with E-state index in [9.17, 15) is 0 Å². The van der Waals surface area contributed by atoms with Crippen LogP contribution in [0.15, 0.2) is 23.6 Å². The van der Waals surface area contributed by atoms with E-state index >= 15 is 0 Å². The van der Waals surface area contributed by atoms with E-state index in [1.165, 1.54) is 0 Å². The minimum absolute atomic E-state index is 0.247. The maximum atomic E-state index is 4.61. The van der Waals surface area contributed by atoms with Crippen molar-refractivity contribution < 1.29 is 0 Å². The number of hydrogen-bond acceptors (Lipinski definition) is 4. The predicted molar refractivity (Wildman–Crippen MR) is 75.9 cm³/mol. The summed E-state index contributed by atoms with van der Waals surface area (Å²) in [7, 11) is 0. The molecule has 2 aromatic heterocycles. The second-order valence-corrected chi connectivity index (χ2v) is 5.44. The molecule has 0 aliphatic carbocycles. The highest BCUT2D eigenvalue weighted by Crippen LogP contribution is 2.18. The molecule has 0 fully saturated rings. The molecule has 0 amide bonds. The summed E-state index contributed by atoms with van der Waals surface area (Å²) >= 11 is 1.70. The molecule has 18 heavy (non-hydrogen) atoms. The Bertz CT molecular complexity index is 507. The Morgan fingerprint density at radius 2 is 2.11 bits per heavy atom. The number of aryl methyl sites for hydroxylation is 2. The van der Waals surface area contributed by atoms with Crippen molar-refractivity contribution in [2.75, 3.05) is 6.54 Å². The summed E-state index contributed by atoms with van der Waals surface area (Å²) in [5, 5.41) is 6.74. The van der Waals surface area contributed by atoms with E-state index in [1.807, 2.05) is 19.9 Å². The van der Waals surface area contributed by atoms with Gasteiger partial charge in [-0.1, -0.05) is 13.0 Å². The Labute approximate surface area is 112 Å². The molecule has 0 radical (unpaired) electrons. The van der Waals surface area contributed by atoms with Gasteiger partial charge in [0.1, 0.15) is 0 Å². The van der Waals surface area contributed by atoms with Gasteiger partial charge in [0.25, 0.3) is 0 Å². The van der Waals surface area contributed by atoms with Crippen LogP contribution in [-0.4, -0.2) is 16.5 Å². The highest BCUT2D eigenvalue weighted by molar-refractivity contribution is 7.09. The van der Waals surface area contributed by atoms with Crippen molar-refractivity contribution in [1.82, 2.24) is 15.3 Å². The third-order valence-electron chi connectivity index (χ3n) is 2.80. The van der Waals surface area contributed by atoms with E-state index in [1.54, 1.807) is 11.3 Å². The zero-order valence-corrected chi connectivity index (χ0v) is 11.9. The predicted octanol–water partition coefficient (Wildman–Crippen LogP) is 3.05. The van der Waals surface area contributed by atoms with Gasteiger partial charge in [-0.2, -0.15) is 0 Å². The third-order valence-corrected chi connectivity index (χ3v) is 3.62. The number of thiazole rings is 1. The van der Waals surface area contributed by atoms with Gasteiger partial charge in [-0.15, -0.1) is 11.3 Å². The molecule has 0 aliphatic heterocycles. The van der Waals surface area contributed by atoms with Gasteiger partial charge >= 0.3 is 0 Å². The van der Waals surface area contributed by atoms with Gasteiger partial charge in [0.05, 0.1) is 22.4 Å². The Morgan fingerprint density at radius 3 is 2.72 bits per heavy atom. The highest BCUT2D eigenvalue weighted by Gasteiger charge is 2.14. The van der Waals surface area contributed by atoms with Crippen molar-refractivity contribution in [3.8, 4) is 0 Å². The molecule has 0 saturated carbocycles. The maximum Gasteiger partial charge on any atom is 0.0897 e. The average molecular weight is 261 g/mol. The van der Waals surface area contributed by atoms with Crippen LogP contribution >= 0.6 is 11.3 Å². The van der Waals surface area contributed by atoms with Crippen LogP contribution in [0.4, 0.5) is 0 Å². The first-order valence-corrected chi connectivity index (χ1v) is 7.15. The number of nitrogens with one attached hydrogen (secondary N) is 1. The molecule has 0 aromatic carbocycles. The summed E-state index contributed by atoms with van der Waals surface area (Å²) < 4.78 is 0. The fourth-order valence-corrected chi connectivity index (χ4v) is 2.62. The van der Waals surface area contributed by atoms with Crippen LogP contribution in [0.3, 0.4) is 0 Å². The maximum absolute atomic E-state index is 4.61. The van der Waals surface area contributed by atoms with Crippen molar-refractivity contribution >= 4 is 11.3 Å². The van der Waals surface area contributed by atoms with Gasteiger partial charge in [0.15, 0.2) is 0 Å². The Balaban J connectivity index is 2.17. The molecule has 4 heteroatoms. The summed E-state index contributed by atoms with van der Waals surface area (Å²) in [5.74, 6) is 0. The molecule has 1 atom stereocenters. The standard InChI is InChI=1S/C14H19N3S/c1-4-15-14(8-12-9-18-11(3)17-12)13-7-5-6-10(2)16-13/h5-7,9,14-15H,4,8H2,1-3H3. The first kappa shape index (κ1) is 13.2. The summed E-state index contributed by atoms with van der Waals surface area (Å²) in [4.78, 5) is 9.14. The second kappa shape index (κ2) is 6.07. The zero-order chi connectivity index (χ0) is 13.0. The number of likely N-dealkylation sites (N-methyl/N-ethyl adjacent to an activating group) is 1. The number of nitrogens with zero attached hydrogens (tertiary/aromatic N) is 2. The van der Waals surface area contributed by atoms with Crippen LogP contribution in [0.5, 0.6) is 0 Å². The SMILES string of the molecule is CCNC(Cc1csc(C)n1)c1cccc(C)n1. The van der Waals surface area contributed by atoms with Crippen LogP contribution in [0.1, 0.15) is 35.1 Å². The van der Waals surface area contributed by atoms with E-state index in [0.29, 0.717) is 0 Å². The zero-order valence-electron chi connectivity index (χ0n) is 11.1. The number of rotatable bonds is 5. The summed E-state index contributed by atoms with van der Waals surface area (Å²) in [5.41, 5.74) is 3.30. The molecule has 0 bridgehead atoms. The van der Waals surface area contributed by atoms with Crippen molar-refractivity contribution in [1.29, 1.82) is 0 Å². The molecule has 1 N–H and O–H groups in total. The van der Waals surface area contributed by atoms with Crippen LogP contribution in [0, 0.1) is 13.8 Å². The largest absolute Gasteiger partial charge is 0.309 e. The summed E-state index contributed by atoms with van der Waals surface area (Å²) in [6.45, 7) is 7.12. The fraction of sp³-hybridized carbons (Fsp3) is 0.429. The number of aromatic nitrogens is 2. The van der Waals surface area contributed by atoms with E-state index in [2.05, 4.69) is 39.7 Å². The Kier molecular flexibility index (Phi) is 4.44. The van der Waals surface area contributed by atoms with E-state index in [4.69, 9.17) is 0 Å². The van der Waals surface area contributed by atoms with E-state index < -0.39 is 0 Å². The van der Waals surface area contributed by atoms with E-state index in [-0.39, 0.29) is 6.04 Å². The second-order valence-electron chi connectivity index (χ2n) is 4.38. The van der Waals surface area contributed by atoms with Crippen LogP contribution in [0.2, 0.25) is 0 Å². The van der Waals surface area contributed by atoms with E-state index in [0.717, 1.165) is 35.1 Å². The molecule has 0 saturated heterocycles. The highest BCUT2D eigenvalue weighted by atomic mass is 32.1. The lowest BCUT2D eigenvalue weighted by Gasteiger charge is -2.16. The monoisotopic (exact) mass is 261 g/mol. The first-order valence-electron chi connectivity index (χ1n) is 6.27. The van der Waals surface area contributed by atoms with Crippen LogP contribution < -0.4 is 5.32 Å². The number of pyridine rings is 1. The van der Waals surface area contributed by atoms with Crippen molar-refractivity contribution in [2.45, 2.75) is 33.2 Å². The van der Waals surface area contributed by atoms with Gasteiger partial charge in [0.2, 0.25) is 0 Å². The summed E-state index contributed by atoms with van der Waals surface area (Å²) in [6.07, 6.45) is 0.897. The third kappa shape index (κ3) is 3.37.